The topological polar surface area (TPSA) is 66.4 Å². The highest BCUT2D eigenvalue weighted by molar-refractivity contribution is 7.96. The number of benzene rings is 2. The highest BCUT2D eigenvalue weighted by Gasteiger charge is 2.16. The summed E-state index contributed by atoms with van der Waals surface area (Å²) in [6, 6.07) is 19.6. The summed E-state index contributed by atoms with van der Waals surface area (Å²) in [5.74, 6) is 4.18. The molecule has 28 heavy (non-hydrogen) atoms. The first kappa shape index (κ1) is 24.7. The van der Waals surface area contributed by atoms with Crippen molar-refractivity contribution in [2.24, 2.45) is 0 Å². The first-order valence-corrected chi connectivity index (χ1v) is 12.8. The first-order valence-electron chi connectivity index (χ1n) is 9.76. The molecule has 0 saturated carbocycles. The maximum Gasteiger partial charge on any atom is 0.217 e. The second kappa shape index (κ2) is 14.6. The predicted molar refractivity (Wildman–Crippen MR) is 118 cm³/mol. The Labute approximate surface area is 173 Å². The van der Waals surface area contributed by atoms with Gasteiger partial charge in [0, 0.05) is 5.56 Å². The van der Waals surface area contributed by atoms with Gasteiger partial charge >= 0.3 is 0 Å². The van der Waals surface area contributed by atoms with Crippen molar-refractivity contribution in [2.45, 2.75) is 51.9 Å². The van der Waals surface area contributed by atoms with Crippen LogP contribution in [0.4, 0.5) is 0 Å². The fraction of sp³-hybridized carbons (Fsp3) is 0.455. The number of hydrogen-bond donors (Lipinski definition) is 0. The largest absolute Gasteiger partial charge is 0.726 e. The third-order valence-electron chi connectivity index (χ3n) is 4.00. The zero-order valence-corrected chi connectivity index (χ0v) is 18.5. The van der Waals surface area contributed by atoms with Crippen LogP contribution >= 0.6 is 0 Å². The molecule has 0 fully saturated rings. The average Bonchev–Trinajstić information content (AvgIpc) is 2.70. The van der Waals surface area contributed by atoms with Gasteiger partial charge < -0.3 is 4.55 Å². The normalized spacial score (nSPS) is 11.1. The molecule has 0 aliphatic carbocycles. The summed E-state index contributed by atoms with van der Waals surface area (Å²) in [6.07, 6.45) is 5.48. The Morgan fingerprint density at radius 3 is 1.71 bits per heavy atom. The third-order valence-corrected chi connectivity index (χ3v) is 6.88. The van der Waals surface area contributed by atoms with Crippen molar-refractivity contribution in [2.75, 3.05) is 11.5 Å². The van der Waals surface area contributed by atoms with Gasteiger partial charge in [0.25, 0.3) is 0 Å². The minimum atomic E-state index is -4.57. The summed E-state index contributed by atoms with van der Waals surface area (Å²) >= 11 is 0. The van der Waals surface area contributed by atoms with Crippen LogP contribution in [0, 0.1) is 0 Å². The van der Waals surface area contributed by atoms with E-state index in [1.165, 1.54) is 48.5 Å². The number of unbranched alkanes of at least 4 members (excludes halogenated alkanes) is 2. The van der Waals surface area contributed by atoms with Crippen molar-refractivity contribution in [3.63, 3.8) is 0 Å². The molecule has 0 aliphatic heterocycles. The van der Waals surface area contributed by atoms with Gasteiger partial charge in [0.15, 0.2) is 0 Å². The van der Waals surface area contributed by atoms with E-state index in [1.54, 1.807) is 30.3 Å². The first-order chi connectivity index (χ1) is 13.4. The molecule has 2 rings (SSSR count). The Morgan fingerprint density at radius 1 is 0.821 bits per heavy atom. The molecule has 4 nitrogen and oxygen atoms in total. The summed E-state index contributed by atoms with van der Waals surface area (Å²) in [5.41, 5.74) is 2.18. The van der Waals surface area contributed by atoms with Crippen molar-refractivity contribution in [3.05, 3.63) is 71.8 Å². The second-order valence-corrected chi connectivity index (χ2v) is 9.90. The molecular weight excluding hydrogens is 392 g/mol. The Hall–Kier alpha value is -1.34. The van der Waals surface area contributed by atoms with Gasteiger partial charge in [0.1, 0.15) is 17.3 Å². The Kier molecular flexibility index (Phi) is 12.9. The summed E-state index contributed by atoms with van der Waals surface area (Å²) in [7, 11) is -3.95. The molecule has 2 aromatic rings. The van der Waals surface area contributed by atoms with E-state index in [0.717, 1.165) is 0 Å². The molecule has 0 bridgehead atoms. The summed E-state index contributed by atoms with van der Waals surface area (Å²) in [4.78, 5) is 0. The van der Waals surface area contributed by atoms with Crippen molar-refractivity contribution in [1.29, 1.82) is 0 Å². The van der Waals surface area contributed by atoms with Gasteiger partial charge in [-0.05, 0) is 29.3 Å². The van der Waals surface area contributed by atoms with Gasteiger partial charge in [0.2, 0.25) is 10.4 Å². The van der Waals surface area contributed by atoms with Crippen molar-refractivity contribution >= 4 is 21.3 Å². The van der Waals surface area contributed by atoms with Gasteiger partial charge in [-0.1, -0.05) is 87.4 Å². The monoisotopic (exact) mass is 424 g/mol. The van der Waals surface area contributed by atoms with Gasteiger partial charge in [-0.3, -0.25) is 4.18 Å². The van der Waals surface area contributed by atoms with Crippen LogP contribution in [0.3, 0.4) is 0 Å². The summed E-state index contributed by atoms with van der Waals surface area (Å²) < 4.78 is 34.1. The van der Waals surface area contributed by atoms with Crippen LogP contribution in [0.1, 0.15) is 50.7 Å². The smallest absolute Gasteiger partial charge is 0.217 e. The zero-order valence-electron chi connectivity index (χ0n) is 16.9. The molecule has 0 saturated heterocycles. The molecule has 0 atom stereocenters. The lowest BCUT2D eigenvalue weighted by atomic mass is 10.2. The zero-order chi connectivity index (χ0) is 20.7. The van der Waals surface area contributed by atoms with E-state index in [0.29, 0.717) is 16.5 Å². The van der Waals surface area contributed by atoms with E-state index in [1.807, 2.05) is 0 Å². The lowest BCUT2D eigenvalue weighted by Gasteiger charge is -2.08. The summed E-state index contributed by atoms with van der Waals surface area (Å²) in [6.45, 7) is 4.39. The highest BCUT2D eigenvalue weighted by Crippen LogP contribution is 2.13. The molecule has 0 heterocycles. The summed E-state index contributed by atoms with van der Waals surface area (Å²) in [5, 5.41) is 0. The van der Waals surface area contributed by atoms with Crippen LogP contribution in [-0.4, -0.2) is 24.5 Å². The second-order valence-electron chi connectivity index (χ2n) is 6.51. The minimum absolute atomic E-state index is 0.202. The van der Waals surface area contributed by atoms with Crippen molar-refractivity contribution in [3.8, 4) is 0 Å². The van der Waals surface area contributed by atoms with Crippen molar-refractivity contribution < 1.29 is 17.2 Å². The minimum Gasteiger partial charge on any atom is -0.726 e. The van der Waals surface area contributed by atoms with Gasteiger partial charge in [-0.25, -0.2) is 8.42 Å². The molecule has 0 amide bonds. The number of hydrogen-bond acceptors (Lipinski definition) is 4. The Bertz CT molecular complexity index is 711. The molecule has 156 valence electrons. The lowest BCUT2D eigenvalue weighted by molar-refractivity contribution is 0.253. The Morgan fingerprint density at radius 2 is 1.29 bits per heavy atom. The average molecular weight is 425 g/mol. The van der Waals surface area contributed by atoms with E-state index in [-0.39, 0.29) is 6.61 Å². The predicted octanol–water partition coefficient (Wildman–Crippen LogP) is 5.07. The molecule has 0 unspecified atom stereocenters. The lowest BCUT2D eigenvalue weighted by Crippen LogP contribution is -2.14. The highest BCUT2D eigenvalue weighted by atomic mass is 32.3. The standard InChI is InChI=1S/C15H25S.C7H8O4S/c1-3-5-12-16(13-6-4-2)14-15-10-8-7-9-11-15;8-12(9,10)11-6-7-4-2-1-3-5-7/h7-11H,3-6,12-14H2,1-2H3;1-5H,6H2,(H,8,9,10)/q+1;/p-1. The quantitative estimate of drug-likeness (QED) is 0.287. The number of rotatable bonds is 11. The SMILES string of the molecule is CCCC[S+](CCCC)Cc1ccccc1.O=S(=O)([O-])OCc1ccccc1. The van der Waals surface area contributed by atoms with Crippen LogP contribution in [0.5, 0.6) is 0 Å². The molecule has 0 aromatic heterocycles. The van der Waals surface area contributed by atoms with Gasteiger partial charge in [-0.2, -0.15) is 0 Å². The van der Waals surface area contributed by atoms with Crippen LogP contribution in [0.2, 0.25) is 0 Å². The van der Waals surface area contributed by atoms with Crippen LogP contribution in [-0.2, 0) is 37.8 Å². The molecular formula is C22H32O4S2. The molecule has 0 N–H and O–H groups in total. The van der Waals surface area contributed by atoms with Gasteiger partial charge in [-0.15, -0.1) is 0 Å². The Balaban J connectivity index is 0.000000292. The fourth-order valence-electron chi connectivity index (χ4n) is 2.47. The van der Waals surface area contributed by atoms with Crippen molar-refractivity contribution in [1.82, 2.24) is 0 Å². The third kappa shape index (κ3) is 12.9. The van der Waals surface area contributed by atoms with Crippen LogP contribution in [0.15, 0.2) is 60.7 Å². The van der Waals surface area contributed by atoms with Gasteiger partial charge in [0.05, 0.1) is 6.61 Å². The van der Waals surface area contributed by atoms with Crippen LogP contribution in [0.25, 0.3) is 0 Å². The van der Waals surface area contributed by atoms with E-state index >= 15 is 0 Å². The van der Waals surface area contributed by atoms with E-state index in [2.05, 4.69) is 48.4 Å². The molecule has 6 heteroatoms. The molecule has 0 spiro atoms. The van der Waals surface area contributed by atoms with E-state index in [9.17, 15) is 13.0 Å². The maximum atomic E-state index is 10.0. The fourth-order valence-corrected chi connectivity index (χ4v) is 5.30. The molecule has 0 aliphatic rings. The molecule has 0 radical (unpaired) electrons. The molecule has 2 aromatic carbocycles. The van der Waals surface area contributed by atoms with E-state index < -0.39 is 10.4 Å². The maximum absolute atomic E-state index is 10.0. The van der Waals surface area contributed by atoms with E-state index in [4.69, 9.17) is 0 Å². The van der Waals surface area contributed by atoms with Crippen LogP contribution < -0.4 is 0 Å².